The van der Waals surface area contributed by atoms with E-state index in [4.69, 9.17) is 4.74 Å². The van der Waals surface area contributed by atoms with E-state index in [0.717, 1.165) is 16.6 Å². The lowest BCUT2D eigenvalue weighted by Gasteiger charge is -2.26. The van der Waals surface area contributed by atoms with E-state index in [-0.39, 0.29) is 11.4 Å². The molecular weight excluding hydrogens is 379 g/mol. The van der Waals surface area contributed by atoms with Crippen molar-refractivity contribution in [3.63, 3.8) is 0 Å². The van der Waals surface area contributed by atoms with Crippen LogP contribution in [0.1, 0.15) is 11.7 Å². The fourth-order valence-corrected chi connectivity index (χ4v) is 2.41. The molecular formula is C15H9BrF3NO3. The van der Waals surface area contributed by atoms with Crippen molar-refractivity contribution in [3.05, 3.63) is 52.5 Å². The summed E-state index contributed by atoms with van der Waals surface area (Å²) in [6.45, 7) is 0. The molecule has 120 valence electrons. The fraction of sp³-hybridized carbons (Fsp3) is 0.133. The maximum absolute atomic E-state index is 12.2. The lowest BCUT2D eigenvalue weighted by Crippen LogP contribution is -2.30. The molecule has 1 aliphatic rings. The van der Waals surface area contributed by atoms with Crippen LogP contribution in [0, 0.1) is 0 Å². The van der Waals surface area contributed by atoms with Crippen molar-refractivity contribution in [2.45, 2.75) is 12.5 Å². The number of anilines is 1. The molecule has 0 spiro atoms. The summed E-state index contributed by atoms with van der Waals surface area (Å²) in [5.74, 6) is -0.627. The summed E-state index contributed by atoms with van der Waals surface area (Å²) in [5.41, 5.74) is 0.761. The molecule has 1 amide bonds. The Bertz CT molecular complexity index is 747. The number of rotatable bonds is 2. The van der Waals surface area contributed by atoms with Crippen LogP contribution in [0.2, 0.25) is 0 Å². The summed E-state index contributed by atoms with van der Waals surface area (Å²) in [6.07, 6.45) is -5.67. The number of ether oxygens (including phenoxy) is 2. The van der Waals surface area contributed by atoms with E-state index in [0.29, 0.717) is 5.56 Å². The molecule has 0 aromatic heterocycles. The minimum Gasteiger partial charge on any atom is -0.474 e. The predicted molar refractivity (Wildman–Crippen MR) is 79.3 cm³/mol. The summed E-state index contributed by atoms with van der Waals surface area (Å²) < 4.78 is 46.9. The zero-order chi connectivity index (χ0) is 16.6. The van der Waals surface area contributed by atoms with Crippen LogP contribution in [0.15, 0.2) is 46.9 Å². The van der Waals surface area contributed by atoms with Crippen molar-refractivity contribution in [3.8, 4) is 11.5 Å². The molecule has 0 saturated heterocycles. The van der Waals surface area contributed by atoms with Crippen LogP contribution >= 0.6 is 15.9 Å². The zero-order valence-corrected chi connectivity index (χ0v) is 12.9. The third-order valence-electron chi connectivity index (χ3n) is 3.10. The highest BCUT2D eigenvalue weighted by Gasteiger charge is 2.33. The minimum absolute atomic E-state index is 0.130. The molecule has 2 aromatic carbocycles. The Morgan fingerprint density at radius 1 is 1.13 bits per heavy atom. The largest absolute Gasteiger partial charge is 0.573 e. The molecule has 4 nitrogen and oxygen atoms in total. The van der Waals surface area contributed by atoms with E-state index in [1.165, 1.54) is 6.07 Å². The number of carbonyl (C=O) groups excluding carboxylic acids is 1. The number of carbonyl (C=O) groups is 1. The number of halogens is 4. The Balaban J connectivity index is 1.86. The van der Waals surface area contributed by atoms with E-state index in [1.807, 2.05) is 0 Å². The summed E-state index contributed by atoms with van der Waals surface area (Å²) in [7, 11) is 0. The average molecular weight is 388 g/mol. The van der Waals surface area contributed by atoms with Crippen molar-refractivity contribution in [1.82, 2.24) is 0 Å². The Morgan fingerprint density at radius 3 is 2.48 bits per heavy atom. The van der Waals surface area contributed by atoms with Gasteiger partial charge in [-0.2, -0.15) is 0 Å². The molecule has 8 heteroatoms. The van der Waals surface area contributed by atoms with Gasteiger partial charge < -0.3 is 14.8 Å². The summed E-state index contributed by atoms with van der Waals surface area (Å²) in [5, 5.41) is 2.53. The van der Waals surface area contributed by atoms with Gasteiger partial charge in [0.25, 0.3) is 5.91 Å². The Hall–Kier alpha value is -2.22. The van der Waals surface area contributed by atoms with Crippen molar-refractivity contribution < 1.29 is 27.4 Å². The Kier molecular flexibility index (Phi) is 3.93. The minimum atomic E-state index is -4.80. The van der Waals surface area contributed by atoms with Gasteiger partial charge in [-0.25, -0.2) is 0 Å². The van der Waals surface area contributed by atoms with Crippen LogP contribution in [0.5, 0.6) is 11.5 Å². The van der Waals surface area contributed by atoms with Crippen LogP contribution in [0.25, 0.3) is 0 Å². The quantitative estimate of drug-likeness (QED) is 0.829. The van der Waals surface area contributed by atoms with Crippen molar-refractivity contribution in [1.29, 1.82) is 0 Å². The first-order chi connectivity index (χ1) is 10.8. The third-order valence-corrected chi connectivity index (χ3v) is 3.63. The molecule has 1 unspecified atom stereocenters. The van der Waals surface area contributed by atoms with Crippen LogP contribution in [0.4, 0.5) is 18.9 Å². The van der Waals surface area contributed by atoms with Crippen LogP contribution < -0.4 is 14.8 Å². The third kappa shape index (κ3) is 3.58. The molecule has 0 saturated carbocycles. The molecule has 23 heavy (non-hydrogen) atoms. The highest BCUT2D eigenvalue weighted by Crippen LogP contribution is 2.38. The molecule has 3 rings (SSSR count). The Morgan fingerprint density at radius 2 is 1.83 bits per heavy atom. The van der Waals surface area contributed by atoms with Gasteiger partial charge in [-0.3, -0.25) is 4.79 Å². The van der Waals surface area contributed by atoms with Gasteiger partial charge in [-0.15, -0.1) is 13.2 Å². The number of hydrogen-bond acceptors (Lipinski definition) is 3. The monoisotopic (exact) mass is 387 g/mol. The number of hydrogen-bond donors (Lipinski definition) is 1. The lowest BCUT2D eigenvalue weighted by molar-refractivity contribution is -0.274. The lowest BCUT2D eigenvalue weighted by atomic mass is 10.1. The standard InChI is InChI=1S/C15H9BrF3NO3/c16-9-3-1-8(2-4-9)13-14(21)20-11-7-10(23-15(17,18)19)5-6-12(11)22-13/h1-7,13H,(H,20,21). The molecule has 1 aliphatic heterocycles. The molecule has 1 N–H and O–H groups in total. The van der Waals surface area contributed by atoms with Crippen LogP contribution in [-0.2, 0) is 4.79 Å². The zero-order valence-electron chi connectivity index (χ0n) is 11.4. The molecule has 1 atom stereocenters. The highest BCUT2D eigenvalue weighted by molar-refractivity contribution is 9.10. The number of nitrogens with one attached hydrogen (secondary N) is 1. The first kappa shape index (κ1) is 15.7. The van der Waals surface area contributed by atoms with Gasteiger partial charge in [-0.1, -0.05) is 28.1 Å². The first-order valence-electron chi connectivity index (χ1n) is 6.44. The summed E-state index contributed by atoms with van der Waals surface area (Å²) in [6, 6.07) is 10.5. The van der Waals surface area contributed by atoms with Crippen molar-refractivity contribution in [2.24, 2.45) is 0 Å². The molecule has 0 fully saturated rings. The molecule has 0 aliphatic carbocycles. The van der Waals surface area contributed by atoms with E-state index >= 15 is 0 Å². The molecule has 1 heterocycles. The van der Waals surface area contributed by atoms with Gasteiger partial charge in [0.1, 0.15) is 11.5 Å². The smallest absolute Gasteiger partial charge is 0.474 e. The second kappa shape index (κ2) is 5.77. The molecule has 0 radical (unpaired) electrons. The van der Waals surface area contributed by atoms with Crippen LogP contribution in [0.3, 0.4) is 0 Å². The summed E-state index contributed by atoms with van der Waals surface area (Å²) >= 11 is 3.30. The number of fused-ring (bicyclic) bond motifs is 1. The second-order valence-electron chi connectivity index (χ2n) is 4.74. The number of amides is 1. The normalized spacial score (nSPS) is 17.0. The topological polar surface area (TPSA) is 47.6 Å². The second-order valence-corrected chi connectivity index (χ2v) is 5.66. The van der Waals surface area contributed by atoms with Gasteiger partial charge in [0.05, 0.1) is 5.69 Å². The van der Waals surface area contributed by atoms with Crippen molar-refractivity contribution >= 4 is 27.5 Å². The van der Waals surface area contributed by atoms with E-state index in [1.54, 1.807) is 24.3 Å². The predicted octanol–water partition coefficient (Wildman–Crippen LogP) is 4.42. The molecule has 0 bridgehead atoms. The SMILES string of the molecule is O=C1Nc2cc(OC(F)(F)F)ccc2OC1c1ccc(Br)cc1. The Labute approximate surface area is 137 Å². The van der Waals surface area contributed by atoms with Gasteiger partial charge in [0.15, 0.2) is 0 Å². The first-order valence-corrected chi connectivity index (χ1v) is 7.24. The van der Waals surface area contributed by atoms with Crippen LogP contribution in [-0.4, -0.2) is 12.3 Å². The number of alkyl halides is 3. The van der Waals surface area contributed by atoms with Gasteiger partial charge in [0.2, 0.25) is 6.10 Å². The number of benzene rings is 2. The maximum atomic E-state index is 12.2. The van der Waals surface area contributed by atoms with E-state index < -0.39 is 24.1 Å². The highest BCUT2D eigenvalue weighted by atomic mass is 79.9. The maximum Gasteiger partial charge on any atom is 0.573 e. The average Bonchev–Trinajstić information content (AvgIpc) is 2.46. The van der Waals surface area contributed by atoms with Gasteiger partial charge in [0, 0.05) is 16.1 Å². The van der Waals surface area contributed by atoms with Crippen molar-refractivity contribution in [2.75, 3.05) is 5.32 Å². The van der Waals surface area contributed by atoms with E-state index in [9.17, 15) is 18.0 Å². The van der Waals surface area contributed by atoms with Gasteiger partial charge in [-0.05, 0) is 24.3 Å². The molecule has 2 aromatic rings. The van der Waals surface area contributed by atoms with E-state index in [2.05, 4.69) is 26.0 Å². The van der Waals surface area contributed by atoms with Gasteiger partial charge >= 0.3 is 6.36 Å². The fourth-order valence-electron chi connectivity index (χ4n) is 2.14. The summed E-state index contributed by atoms with van der Waals surface area (Å²) in [4.78, 5) is 12.1.